The topological polar surface area (TPSA) is 0 Å². The van der Waals surface area contributed by atoms with Crippen LogP contribution in [0.5, 0.6) is 0 Å². The summed E-state index contributed by atoms with van der Waals surface area (Å²) in [7, 11) is 0. The zero-order chi connectivity index (χ0) is 9.56. The van der Waals surface area contributed by atoms with Crippen LogP contribution >= 0.6 is 0 Å². The lowest BCUT2D eigenvalue weighted by molar-refractivity contribution is 0.646. The zero-order valence-corrected chi connectivity index (χ0v) is 8.72. The van der Waals surface area contributed by atoms with Gasteiger partial charge in [0.15, 0.2) is 0 Å². The van der Waals surface area contributed by atoms with Gasteiger partial charge in [0.1, 0.15) is 0 Å². The van der Waals surface area contributed by atoms with E-state index in [9.17, 15) is 0 Å². The van der Waals surface area contributed by atoms with Crippen molar-refractivity contribution in [3.05, 3.63) is 36.0 Å². The molecular formula is C12H20. The standard InChI is InChI=1S/C12H20/c1-6-7-8-12(11(4)5)9-10(2)3/h6-8,10H,4,9H2,1-3,5H3/b7-6-,12-8-. The Hall–Kier alpha value is -0.780. The summed E-state index contributed by atoms with van der Waals surface area (Å²) in [5.74, 6) is 0.707. The molecule has 0 atom stereocenters. The molecule has 0 amide bonds. The summed E-state index contributed by atoms with van der Waals surface area (Å²) >= 11 is 0. The van der Waals surface area contributed by atoms with Crippen LogP contribution in [0.4, 0.5) is 0 Å². The van der Waals surface area contributed by atoms with E-state index in [1.807, 2.05) is 13.0 Å². The number of rotatable bonds is 4. The number of hydrogen-bond donors (Lipinski definition) is 0. The monoisotopic (exact) mass is 164 g/mol. The van der Waals surface area contributed by atoms with Crippen LogP contribution < -0.4 is 0 Å². The molecule has 0 aromatic heterocycles. The number of allylic oxidation sites excluding steroid dienone is 5. The Morgan fingerprint density at radius 2 is 2.00 bits per heavy atom. The fourth-order valence-corrected chi connectivity index (χ4v) is 1.04. The molecule has 0 saturated carbocycles. The Labute approximate surface area is 76.7 Å². The maximum Gasteiger partial charge on any atom is -0.0253 e. The summed E-state index contributed by atoms with van der Waals surface area (Å²) in [5.41, 5.74) is 2.55. The van der Waals surface area contributed by atoms with Gasteiger partial charge in [0.2, 0.25) is 0 Å². The Morgan fingerprint density at radius 1 is 1.42 bits per heavy atom. The van der Waals surface area contributed by atoms with Gasteiger partial charge in [-0.2, -0.15) is 0 Å². The normalized spacial score (nSPS) is 12.9. The predicted octanol–water partition coefficient (Wildman–Crippen LogP) is 4.11. The molecule has 68 valence electrons. The number of hydrogen-bond acceptors (Lipinski definition) is 0. The van der Waals surface area contributed by atoms with Crippen molar-refractivity contribution < 1.29 is 0 Å². The third-order valence-corrected chi connectivity index (χ3v) is 1.67. The maximum absolute atomic E-state index is 3.96. The first kappa shape index (κ1) is 11.2. The summed E-state index contributed by atoms with van der Waals surface area (Å²) in [6, 6.07) is 0. The summed E-state index contributed by atoms with van der Waals surface area (Å²) in [5, 5.41) is 0. The van der Waals surface area contributed by atoms with Gasteiger partial charge in [-0.3, -0.25) is 0 Å². The molecule has 0 radical (unpaired) electrons. The van der Waals surface area contributed by atoms with Crippen molar-refractivity contribution in [1.29, 1.82) is 0 Å². The van der Waals surface area contributed by atoms with E-state index in [4.69, 9.17) is 0 Å². The molecule has 0 aromatic rings. The van der Waals surface area contributed by atoms with E-state index in [-0.39, 0.29) is 0 Å². The fourth-order valence-electron chi connectivity index (χ4n) is 1.04. The van der Waals surface area contributed by atoms with Crippen molar-refractivity contribution in [1.82, 2.24) is 0 Å². The average Bonchev–Trinajstić information content (AvgIpc) is 1.96. The molecule has 0 spiro atoms. The molecule has 0 nitrogen and oxygen atoms in total. The van der Waals surface area contributed by atoms with Gasteiger partial charge in [0, 0.05) is 0 Å². The van der Waals surface area contributed by atoms with Crippen molar-refractivity contribution in [3.8, 4) is 0 Å². The summed E-state index contributed by atoms with van der Waals surface area (Å²) in [6.07, 6.45) is 7.40. The highest BCUT2D eigenvalue weighted by molar-refractivity contribution is 5.29. The molecule has 0 aliphatic heterocycles. The third kappa shape index (κ3) is 4.95. The van der Waals surface area contributed by atoms with Crippen LogP contribution in [0.25, 0.3) is 0 Å². The van der Waals surface area contributed by atoms with Gasteiger partial charge < -0.3 is 0 Å². The van der Waals surface area contributed by atoms with Crippen LogP contribution in [0.15, 0.2) is 36.0 Å². The largest absolute Gasteiger partial charge is 0.0958 e. The molecule has 0 saturated heterocycles. The van der Waals surface area contributed by atoms with E-state index in [1.54, 1.807) is 0 Å². The van der Waals surface area contributed by atoms with Crippen molar-refractivity contribution in [2.24, 2.45) is 5.92 Å². The fraction of sp³-hybridized carbons (Fsp3) is 0.500. The molecule has 0 rings (SSSR count). The highest BCUT2D eigenvalue weighted by Gasteiger charge is 2.00. The highest BCUT2D eigenvalue weighted by atomic mass is 14.1. The summed E-state index contributed by atoms with van der Waals surface area (Å²) in [4.78, 5) is 0. The molecule has 0 aromatic carbocycles. The van der Waals surface area contributed by atoms with Crippen LogP contribution in [-0.2, 0) is 0 Å². The van der Waals surface area contributed by atoms with Gasteiger partial charge in [-0.1, -0.05) is 44.2 Å². The lowest BCUT2D eigenvalue weighted by atomic mass is 9.98. The first-order chi connectivity index (χ1) is 5.57. The summed E-state index contributed by atoms with van der Waals surface area (Å²) in [6.45, 7) is 12.5. The molecule has 0 bridgehead atoms. The minimum absolute atomic E-state index is 0.707. The first-order valence-corrected chi connectivity index (χ1v) is 4.55. The second kappa shape index (κ2) is 5.82. The first-order valence-electron chi connectivity index (χ1n) is 4.55. The minimum atomic E-state index is 0.707. The van der Waals surface area contributed by atoms with Crippen molar-refractivity contribution in [2.75, 3.05) is 0 Å². The van der Waals surface area contributed by atoms with Crippen LogP contribution in [0.2, 0.25) is 0 Å². The molecular weight excluding hydrogens is 144 g/mol. The third-order valence-electron chi connectivity index (χ3n) is 1.67. The van der Waals surface area contributed by atoms with Crippen molar-refractivity contribution >= 4 is 0 Å². The average molecular weight is 164 g/mol. The quantitative estimate of drug-likeness (QED) is 0.548. The lowest BCUT2D eigenvalue weighted by Crippen LogP contribution is -1.92. The Bertz CT molecular complexity index is 192. The van der Waals surface area contributed by atoms with Gasteiger partial charge >= 0.3 is 0 Å². The van der Waals surface area contributed by atoms with E-state index in [0.29, 0.717) is 5.92 Å². The van der Waals surface area contributed by atoms with E-state index < -0.39 is 0 Å². The van der Waals surface area contributed by atoms with Gasteiger partial charge in [0.25, 0.3) is 0 Å². The van der Waals surface area contributed by atoms with E-state index in [0.717, 1.165) is 6.42 Å². The van der Waals surface area contributed by atoms with Crippen molar-refractivity contribution in [2.45, 2.75) is 34.1 Å². The molecule has 0 N–H and O–H groups in total. The van der Waals surface area contributed by atoms with Gasteiger partial charge in [-0.25, -0.2) is 0 Å². The second-order valence-electron chi connectivity index (χ2n) is 3.60. The molecule has 0 aliphatic rings. The minimum Gasteiger partial charge on any atom is -0.0958 e. The van der Waals surface area contributed by atoms with Gasteiger partial charge in [-0.05, 0) is 31.8 Å². The summed E-state index contributed by atoms with van der Waals surface area (Å²) < 4.78 is 0. The van der Waals surface area contributed by atoms with Gasteiger partial charge in [-0.15, -0.1) is 0 Å². The second-order valence-corrected chi connectivity index (χ2v) is 3.60. The molecule has 0 heterocycles. The predicted molar refractivity (Wildman–Crippen MR) is 57.2 cm³/mol. The molecule has 12 heavy (non-hydrogen) atoms. The molecule has 0 heteroatoms. The van der Waals surface area contributed by atoms with Crippen LogP contribution in [0.1, 0.15) is 34.1 Å². The van der Waals surface area contributed by atoms with Crippen LogP contribution in [0, 0.1) is 5.92 Å². The van der Waals surface area contributed by atoms with Crippen LogP contribution in [-0.4, -0.2) is 0 Å². The smallest absolute Gasteiger partial charge is 0.0253 e. The van der Waals surface area contributed by atoms with Gasteiger partial charge in [0.05, 0.1) is 0 Å². The Morgan fingerprint density at radius 3 is 2.33 bits per heavy atom. The molecule has 0 fully saturated rings. The van der Waals surface area contributed by atoms with Crippen molar-refractivity contribution in [3.63, 3.8) is 0 Å². The molecule has 0 aliphatic carbocycles. The Kier molecular flexibility index (Phi) is 5.44. The maximum atomic E-state index is 3.96. The highest BCUT2D eigenvalue weighted by Crippen LogP contribution is 2.17. The van der Waals surface area contributed by atoms with E-state index in [2.05, 4.69) is 39.5 Å². The van der Waals surface area contributed by atoms with E-state index in [1.165, 1.54) is 11.1 Å². The lowest BCUT2D eigenvalue weighted by Gasteiger charge is -2.08. The van der Waals surface area contributed by atoms with Crippen LogP contribution in [0.3, 0.4) is 0 Å². The zero-order valence-electron chi connectivity index (χ0n) is 8.72. The van der Waals surface area contributed by atoms with E-state index >= 15 is 0 Å². The SMILES string of the molecule is C=C(C)/C(=C\C=C/C)CC(C)C. The Balaban J connectivity index is 4.33. The molecule has 0 unspecified atom stereocenters.